The Balaban J connectivity index is 2.11. The molecule has 1 aromatic carbocycles. The Labute approximate surface area is 141 Å². The number of anilines is 2. The number of hydrogen-bond acceptors (Lipinski definition) is 5. The van der Waals surface area contributed by atoms with Crippen molar-refractivity contribution in [2.75, 3.05) is 11.1 Å². The predicted molar refractivity (Wildman–Crippen MR) is 93.1 cm³/mol. The summed E-state index contributed by atoms with van der Waals surface area (Å²) in [5, 5.41) is 2.66. The minimum atomic E-state index is -3.58. The van der Waals surface area contributed by atoms with Crippen LogP contribution < -0.4 is 15.8 Å². The molecule has 0 saturated carbocycles. The Hall–Kier alpha value is -2.45. The van der Waals surface area contributed by atoms with Gasteiger partial charge in [-0.3, -0.25) is 4.79 Å². The van der Waals surface area contributed by atoms with Gasteiger partial charge in [0.2, 0.25) is 10.0 Å². The molecule has 1 unspecified atom stereocenters. The summed E-state index contributed by atoms with van der Waals surface area (Å²) in [6.07, 6.45) is 2.14. The van der Waals surface area contributed by atoms with Crippen molar-refractivity contribution < 1.29 is 13.2 Å². The van der Waals surface area contributed by atoms with Crippen molar-refractivity contribution >= 4 is 27.4 Å². The number of sulfonamides is 1. The van der Waals surface area contributed by atoms with E-state index in [0.717, 1.165) is 0 Å². The van der Waals surface area contributed by atoms with Gasteiger partial charge in [-0.2, -0.15) is 0 Å². The molecule has 1 atom stereocenters. The highest BCUT2D eigenvalue weighted by Crippen LogP contribution is 2.14. The van der Waals surface area contributed by atoms with E-state index < -0.39 is 10.0 Å². The van der Waals surface area contributed by atoms with Crippen molar-refractivity contribution in [1.29, 1.82) is 0 Å². The lowest BCUT2D eigenvalue weighted by atomic mass is 10.2. The van der Waals surface area contributed by atoms with Gasteiger partial charge in [-0.05, 0) is 49.7 Å². The molecular weight excluding hydrogens is 328 g/mol. The van der Waals surface area contributed by atoms with Crippen molar-refractivity contribution in [1.82, 2.24) is 9.71 Å². The average Bonchev–Trinajstić information content (AvgIpc) is 2.56. The van der Waals surface area contributed by atoms with E-state index in [1.54, 1.807) is 19.1 Å². The summed E-state index contributed by atoms with van der Waals surface area (Å²) < 4.78 is 26.9. The number of nitrogens with one attached hydrogen (secondary N) is 2. The summed E-state index contributed by atoms with van der Waals surface area (Å²) in [5.41, 5.74) is 6.33. The van der Waals surface area contributed by atoms with Crippen LogP contribution in [0, 0.1) is 0 Å². The molecule has 0 aliphatic carbocycles. The molecule has 1 amide bonds. The molecule has 0 spiro atoms. The SMILES string of the molecule is CCC(C)NS(=O)(=O)c1ccc(C(=O)Nc2ccc(N)nc2)cc1. The summed E-state index contributed by atoms with van der Waals surface area (Å²) in [6.45, 7) is 3.69. The molecular formula is C16H20N4O3S. The molecule has 0 aliphatic rings. The molecule has 0 saturated heterocycles. The molecule has 1 heterocycles. The van der Waals surface area contributed by atoms with Crippen LogP contribution in [-0.4, -0.2) is 25.4 Å². The van der Waals surface area contributed by atoms with Crippen molar-refractivity contribution in [2.24, 2.45) is 0 Å². The number of carbonyl (C=O) groups is 1. The molecule has 128 valence electrons. The second-order valence-corrected chi connectivity index (χ2v) is 7.09. The van der Waals surface area contributed by atoms with Gasteiger partial charge in [0.05, 0.1) is 16.8 Å². The van der Waals surface area contributed by atoms with Crippen LogP contribution in [0.2, 0.25) is 0 Å². The standard InChI is InChI=1S/C16H20N4O3S/c1-3-11(2)20-24(22,23)14-7-4-12(5-8-14)16(21)19-13-6-9-15(17)18-10-13/h4-11,20H,3H2,1-2H3,(H2,17,18)(H,19,21). The molecule has 8 heteroatoms. The zero-order valence-corrected chi connectivity index (χ0v) is 14.3. The number of pyridine rings is 1. The number of rotatable bonds is 6. The number of nitrogens with zero attached hydrogens (tertiary/aromatic N) is 1. The van der Waals surface area contributed by atoms with E-state index in [9.17, 15) is 13.2 Å². The van der Waals surface area contributed by atoms with E-state index in [2.05, 4.69) is 15.0 Å². The van der Waals surface area contributed by atoms with E-state index in [1.165, 1.54) is 30.5 Å². The first kappa shape index (κ1) is 17.9. The molecule has 1 aromatic heterocycles. The van der Waals surface area contributed by atoms with Crippen molar-refractivity contribution in [3.05, 3.63) is 48.2 Å². The summed E-state index contributed by atoms with van der Waals surface area (Å²) in [7, 11) is -3.58. The third-order valence-electron chi connectivity index (χ3n) is 3.44. The summed E-state index contributed by atoms with van der Waals surface area (Å²) in [6, 6.07) is 8.79. The topological polar surface area (TPSA) is 114 Å². The Morgan fingerprint density at radius 3 is 2.42 bits per heavy atom. The lowest BCUT2D eigenvalue weighted by Crippen LogP contribution is -2.32. The number of benzene rings is 1. The van der Waals surface area contributed by atoms with Gasteiger partial charge in [-0.15, -0.1) is 0 Å². The first-order valence-corrected chi connectivity index (χ1v) is 8.95. The van der Waals surface area contributed by atoms with Crippen LogP contribution >= 0.6 is 0 Å². The number of nitrogen functional groups attached to an aromatic ring is 1. The first-order valence-electron chi connectivity index (χ1n) is 7.47. The Morgan fingerprint density at radius 1 is 1.21 bits per heavy atom. The van der Waals surface area contributed by atoms with Gasteiger partial charge in [0, 0.05) is 11.6 Å². The molecule has 0 aliphatic heterocycles. The number of aromatic nitrogens is 1. The number of hydrogen-bond donors (Lipinski definition) is 3. The average molecular weight is 348 g/mol. The van der Waals surface area contributed by atoms with Crippen LogP contribution in [0.1, 0.15) is 30.6 Å². The number of nitrogens with two attached hydrogens (primary N) is 1. The molecule has 2 aromatic rings. The third kappa shape index (κ3) is 4.53. The lowest BCUT2D eigenvalue weighted by molar-refractivity contribution is 0.102. The van der Waals surface area contributed by atoms with Gasteiger partial charge in [-0.25, -0.2) is 18.1 Å². The van der Waals surface area contributed by atoms with Crippen LogP contribution in [0.15, 0.2) is 47.5 Å². The van der Waals surface area contributed by atoms with E-state index in [-0.39, 0.29) is 16.8 Å². The van der Waals surface area contributed by atoms with Gasteiger partial charge in [0.15, 0.2) is 0 Å². The molecule has 2 rings (SSSR count). The highest BCUT2D eigenvalue weighted by atomic mass is 32.2. The largest absolute Gasteiger partial charge is 0.384 e. The fourth-order valence-electron chi connectivity index (χ4n) is 1.88. The molecule has 4 N–H and O–H groups in total. The van der Waals surface area contributed by atoms with Crippen molar-refractivity contribution in [2.45, 2.75) is 31.2 Å². The van der Waals surface area contributed by atoms with Crippen LogP contribution in [0.3, 0.4) is 0 Å². The Bertz CT molecular complexity index is 802. The summed E-state index contributed by atoms with van der Waals surface area (Å²) in [5.74, 6) is -0.00299. The lowest BCUT2D eigenvalue weighted by Gasteiger charge is -2.12. The first-order chi connectivity index (χ1) is 11.3. The fraction of sp³-hybridized carbons (Fsp3) is 0.250. The van der Waals surface area contributed by atoms with E-state index in [0.29, 0.717) is 23.5 Å². The highest BCUT2D eigenvalue weighted by molar-refractivity contribution is 7.89. The smallest absolute Gasteiger partial charge is 0.255 e. The maximum Gasteiger partial charge on any atom is 0.255 e. The minimum absolute atomic E-state index is 0.119. The van der Waals surface area contributed by atoms with Gasteiger partial charge in [0.25, 0.3) is 5.91 Å². The highest BCUT2D eigenvalue weighted by Gasteiger charge is 2.17. The summed E-state index contributed by atoms with van der Waals surface area (Å²) >= 11 is 0. The van der Waals surface area contributed by atoms with Gasteiger partial charge < -0.3 is 11.1 Å². The zero-order chi connectivity index (χ0) is 17.7. The van der Waals surface area contributed by atoms with Crippen molar-refractivity contribution in [3.8, 4) is 0 Å². The number of amides is 1. The molecule has 24 heavy (non-hydrogen) atoms. The maximum absolute atomic E-state index is 12.2. The van der Waals surface area contributed by atoms with Gasteiger partial charge in [-0.1, -0.05) is 6.92 Å². The van der Waals surface area contributed by atoms with E-state index in [1.807, 2.05) is 6.92 Å². The minimum Gasteiger partial charge on any atom is -0.384 e. The second-order valence-electron chi connectivity index (χ2n) is 5.38. The Kier molecular flexibility index (Phi) is 5.53. The molecule has 7 nitrogen and oxygen atoms in total. The molecule has 0 radical (unpaired) electrons. The van der Waals surface area contributed by atoms with Crippen LogP contribution in [0.4, 0.5) is 11.5 Å². The van der Waals surface area contributed by atoms with Gasteiger partial charge in [0.1, 0.15) is 5.82 Å². The molecule has 0 bridgehead atoms. The van der Waals surface area contributed by atoms with E-state index >= 15 is 0 Å². The van der Waals surface area contributed by atoms with Crippen LogP contribution in [0.5, 0.6) is 0 Å². The second kappa shape index (κ2) is 7.41. The zero-order valence-electron chi connectivity index (χ0n) is 13.5. The monoisotopic (exact) mass is 348 g/mol. The quantitative estimate of drug-likeness (QED) is 0.738. The van der Waals surface area contributed by atoms with Crippen LogP contribution in [-0.2, 0) is 10.0 Å². The normalized spacial score (nSPS) is 12.6. The number of carbonyl (C=O) groups excluding carboxylic acids is 1. The van der Waals surface area contributed by atoms with Crippen LogP contribution in [0.25, 0.3) is 0 Å². The summed E-state index contributed by atoms with van der Waals surface area (Å²) in [4.78, 5) is 16.2. The third-order valence-corrected chi connectivity index (χ3v) is 5.05. The fourth-order valence-corrected chi connectivity index (χ4v) is 3.21. The Morgan fingerprint density at radius 2 is 1.88 bits per heavy atom. The van der Waals surface area contributed by atoms with Crippen molar-refractivity contribution in [3.63, 3.8) is 0 Å². The molecule has 0 fully saturated rings. The maximum atomic E-state index is 12.2. The predicted octanol–water partition coefficient (Wildman–Crippen LogP) is 1.99. The van der Waals surface area contributed by atoms with E-state index in [4.69, 9.17) is 5.73 Å². The van der Waals surface area contributed by atoms with Gasteiger partial charge >= 0.3 is 0 Å².